The van der Waals surface area contributed by atoms with Crippen LogP contribution in [-0.4, -0.2) is 63.1 Å². The zero-order valence-electron chi connectivity index (χ0n) is 16.4. The lowest BCUT2D eigenvalue weighted by molar-refractivity contribution is -0.136. The number of hydrogen-bond acceptors (Lipinski definition) is 6. The molecule has 1 atom stereocenters. The SMILES string of the molecule is CCc1c(-c2ccccn2)cccc1S(=O)(=O)N[C@@H](CN)C(=O)N1CCOCC1. The van der Waals surface area contributed by atoms with Crippen molar-refractivity contribution in [3.05, 3.63) is 48.2 Å². The fraction of sp³-hybridized carbons (Fsp3) is 0.400. The molecule has 2 aromatic rings. The first kappa shape index (κ1) is 21.4. The van der Waals surface area contributed by atoms with E-state index in [0.717, 1.165) is 5.56 Å². The van der Waals surface area contributed by atoms with Gasteiger partial charge in [-0.15, -0.1) is 0 Å². The van der Waals surface area contributed by atoms with Gasteiger partial charge < -0.3 is 15.4 Å². The van der Waals surface area contributed by atoms with Gasteiger partial charge in [-0.3, -0.25) is 9.78 Å². The molecule has 1 saturated heterocycles. The second kappa shape index (κ2) is 9.45. The van der Waals surface area contributed by atoms with Crippen LogP contribution in [0.5, 0.6) is 0 Å². The first-order valence-electron chi connectivity index (χ1n) is 9.60. The van der Waals surface area contributed by atoms with Crippen molar-refractivity contribution in [1.82, 2.24) is 14.6 Å². The highest BCUT2D eigenvalue weighted by atomic mass is 32.2. The molecule has 9 heteroatoms. The Labute approximate surface area is 171 Å². The van der Waals surface area contributed by atoms with Crippen molar-refractivity contribution in [2.24, 2.45) is 5.73 Å². The standard InChI is InChI=1S/C20H26N4O4S/c1-2-15-16(17-7-3-4-9-22-17)6-5-8-19(15)29(26,27)23-18(14-21)20(25)24-10-12-28-13-11-24/h3-9,18,23H,2,10-14,21H2,1H3/t18-/m0/s1. The van der Waals surface area contributed by atoms with Gasteiger partial charge in [0.1, 0.15) is 6.04 Å². The molecular weight excluding hydrogens is 392 g/mol. The number of carbonyl (C=O) groups excluding carboxylic acids is 1. The normalized spacial score (nSPS) is 15.9. The summed E-state index contributed by atoms with van der Waals surface area (Å²) in [5.74, 6) is -0.335. The Morgan fingerprint density at radius 1 is 1.24 bits per heavy atom. The minimum atomic E-state index is -3.97. The Balaban J connectivity index is 1.91. The first-order chi connectivity index (χ1) is 14.0. The predicted molar refractivity (Wildman–Crippen MR) is 110 cm³/mol. The topological polar surface area (TPSA) is 115 Å². The molecule has 3 N–H and O–H groups in total. The highest BCUT2D eigenvalue weighted by Crippen LogP contribution is 2.28. The van der Waals surface area contributed by atoms with Crippen LogP contribution >= 0.6 is 0 Å². The number of rotatable bonds is 7. The molecule has 0 bridgehead atoms. The largest absolute Gasteiger partial charge is 0.378 e. The number of nitrogens with two attached hydrogens (primary N) is 1. The summed E-state index contributed by atoms with van der Waals surface area (Å²) in [6.45, 7) is 3.47. The molecule has 1 amide bonds. The third kappa shape index (κ3) is 4.81. The number of sulfonamides is 1. The summed E-state index contributed by atoms with van der Waals surface area (Å²) in [6.07, 6.45) is 2.16. The van der Waals surface area contributed by atoms with E-state index < -0.39 is 16.1 Å². The van der Waals surface area contributed by atoms with Crippen molar-refractivity contribution in [3.63, 3.8) is 0 Å². The van der Waals surface area contributed by atoms with Gasteiger partial charge in [0.15, 0.2) is 0 Å². The molecule has 3 rings (SSSR count). The molecule has 0 spiro atoms. The van der Waals surface area contributed by atoms with Gasteiger partial charge in [-0.25, -0.2) is 8.42 Å². The second-order valence-corrected chi connectivity index (χ2v) is 8.38. The molecule has 1 aromatic carbocycles. The van der Waals surface area contributed by atoms with Gasteiger partial charge in [-0.2, -0.15) is 4.72 Å². The Bertz CT molecular complexity index is 944. The van der Waals surface area contributed by atoms with E-state index in [0.29, 0.717) is 44.0 Å². The lowest BCUT2D eigenvalue weighted by Gasteiger charge is -2.30. The van der Waals surface area contributed by atoms with Gasteiger partial charge in [0, 0.05) is 31.4 Å². The Morgan fingerprint density at radius 2 is 2.00 bits per heavy atom. The molecule has 1 aliphatic rings. The average Bonchev–Trinajstić information content (AvgIpc) is 2.77. The van der Waals surface area contributed by atoms with E-state index in [4.69, 9.17) is 10.5 Å². The summed E-state index contributed by atoms with van der Waals surface area (Å²) in [6, 6.07) is 9.54. The van der Waals surface area contributed by atoms with Crippen molar-refractivity contribution in [2.45, 2.75) is 24.3 Å². The highest BCUT2D eigenvalue weighted by Gasteiger charge is 2.30. The van der Waals surface area contributed by atoms with Crippen LogP contribution in [0.25, 0.3) is 11.3 Å². The molecule has 29 heavy (non-hydrogen) atoms. The smallest absolute Gasteiger partial charge is 0.242 e. The fourth-order valence-corrected chi connectivity index (χ4v) is 4.93. The number of amides is 1. The van der Waals surface area contributed by atoms with Crippen molar-refractivity contribution >= 4 is 15.9 Å². The van der Waals surface area contributed by atoms with Gasteiger partial charge in [0.2, 0.25) is 15.9 Å². The lowest BCUT2D eigenvalue weighted by atomic mass is 10.0. The first-order valence-corrected chi connectivity index (χ1v) is 11.1. The van der Waals surface area contributed by atoms with E-state index in [-0.39, 0.29) is 17.3 Å². The van der Waals surface area contributed by atoms with E-state index >= 15 is 0 Å². The molecule has 0 saturated carbocycles. The molecule has 1 fully saturated rings. The molecular formula is C20H26N4O4S. The summed E-state index contributed by atoms with van der Waals surface area (Å²) in [5.41, 5.74) is 7.83. The maximum absolute atomic E-state index is 13.2. The zero-order chi connectivity index (χ0) is 20.9. The minimum Gasteiger partial charge on any atom is -0.378 e. The molecule has 2 heterocycles. The van der Waals surface area contributed by atoms with Crippen molar-refractivity contribution in [3.8, 4) is 11.3 Å². The minimum absolute atomic E-state index is 0.128. The van der Waals surface area contributed by atoms with Crippen LogP contribution in [0.1, 0.15) is 12.5 Å². The van der Waals surface area contributed by atoms with Crippen LogP contribution < -0.4 is 10.5 Å². The van der Waals surface area contributed by atoms with Gasteiger partial charge in [0.05, 0.1) is 23.8 Å². The van der Waals surface area contributed by atoms with Gasteiger partial charge in [-0.05, 0) is 30.2 Å². The Morgan fingerprint density at radius 3 is 2.62 bits per heavy atom. The van der Waals surface area contributed by atoms with Crippen LogP contribution in [0, 0.1) is 0 Å². The highest BCUT2D eigenvalue weighted by molar-refractivity contribution is 7.89. The molecule has 8 nitrogen and oxygen atoms in total. The van der Waals surface area contributed by atoms with E-state index in [1.54, 1.807) is 29.3 Å². The van der Waals surface area contributed by atoms with Gasteiger partial charge >= 0.3 is 0 Å². The number of hydrogen-bond donors (Lipinski definition) is 2. The zero-order valence-corrected chi connectivity index (χ0v) is 17.2. The maximum Gasteiger partial charge on any atom is 0.242 e. The maximum atomic E-state index is 13.2. The summed E-state index contributed by atoms with van der Waals surface area (Å²) in [5, 5.41) is 0. The fourth-order valence-electron chi connectivity index (χ4n) is 3.40. The monoisotopic (exact) mass is 418 g/mol. The molecule has 156 valence electrons. The number of ether oxygens (including phenoxy) is 1. The summed E-state index contributed by atoms with van der Waals surface area (Å²) in [4.78, 5) is 18.8. The van der Waals surface area contributed by atoms with Crippen molar-refractivity contribution in [1.29, 1.82) is 0 Å². The second-order valence-electron chi connectivity index (χ2n) is 6.70. The predicted octanol–water partition coefficient (Wildman–Crippen LogP) is 0.775. The number of benzene rings is 1. The number of nitrogens with one attached hydrogen (secondary N) is 1. The van der Waals surface area contributed by atoms with E-state index in [9.17, 15) is 13.2 Å². The third-order valence-corrected chi connectivity index (χ3v) is 6.43. The number of aromatic nitrogens is 1. The van der Waals surface area contributed by atoms with Crippen LogP contribution in [0.3, 0.4) is 0 Å². The summed E-state index contributed by atoms with van der Waals surface area (Å²) < 4.78 is 34.1. The van der Waals surface area contributed by atoms with Crippen molar-refractivity contribution < 1.29 is 17.9 Å². The average molecular weight is 419 g/mol. The number of pyridine rings is 1. The number of morpholine rings is 1. The van der Waals surface area contributed by atoms with Gasteiger partial charge in [-0.1, -0.05) is 25.1 Å². The number of carbonyl (C=O) groups is 1. The van der Waals surface area contributed by atoms with Crippen molar-refractivity contribution in [2.75, 3.05) is 32.8 Å². The number of nitrogens with zero attached hydrogens (tertiary/aromatic N) is 2. The Kier molecular flexibility index (Phi) is 6.96. The molecule has 1 aromatic heterocycles. The third-order valence-electron chi connectivity index (χ3n) is 4.87. The lowest BCUT2D eigenvalue weighted by Crippen LogP contribution is -2.54. The van der Waals surface area contributed by atoms with E-state index in [2.05, 4.69) is 9.71 Å². The molecule has 0 aliphatic carbocycles. The molecule has 0 radical (unpaired) electrons. The van der Waals surface area contributed by atoms with Crippen LogP contribution in [0.2, 0.25) is 0 Å². The van der Waals surface area contributed by atoms with E-state index in [1.807, 2.05) is 25.1 Å². The van der Waals surface area contributed by atoms with Gasteiger partial charge in [0.25, 0.3) is 0 Å². The summed E-state index contributed by atoms with van der Waals surface area (Å²) in [7, 11) is -3.97. The summed E-state index contributed by atoms with van der Waals surface area (Å²) >= 11 is 0. The van der Waals surface area contributed by atoms with Crippen LogP contribution in [-0.2, 0) is 26.0 Å². The van der Waals surface area contributed by atoms with Crippen LogP contribution in [0.15, 0.2) is 47.5 Å². The Hall–Kier alpha value is -2.33. The van der Waals surface area contributed by atoms with Crippen LogP contribution in [0.4, 0.5) is 0 Å². The molecule has 1 aliphatic heterocycles. The van der Waals surface area contributed by atoms with E-state index in [1.165, 1.54) is 0 Å². The molecule has 0 unspecified atom stereocenters. The quantitative estimate of drug-likeness (QED) is 0.687.